The third-order valence-corrected chi connectivity index (χ3v) is 3.01. The summed E-state index contributed by atoms with van der Waals surface area (Å²) in [4.78, 5) is 0. The first-order valence-corrected chi connectivity index (χ1v) is 5.41. The summed E-state index contributed by atoms with van der Waals surface area (Å²) in [5.74, 6) is 0. The minimum Gasteiger partial charge on any atom is -0.394 e. The van der Waals surface area contributed by atoms with Gasteiger partial charge in [-0.1, -0.05) is 0 Å². The van der Waals surface area contributed by atoms with Crippen molar-refractivity contribution in [3.63, 3.8) is 0 Å². The van der Waals surface area contributed by atoms with E-state index in [-0.39, 0.29) is 5.54 Å². The molecule has 1 heterocycles. The van der Waals surface area contributed by atoms with Crippen LogP contribution in [0.1, 0.15) is 20.8 Å². The fourth-order valence-electron chi connectivity index (χ4n) is 0.829. The number of hydrogen-bond acceptors (Lipinski definition) is 2. The van der Waals surface area contributed by atoms with Crippen molar-refractivity contribution in [2.45, 2.75) is 26.3 Å². The van der Waals surface area contributed by atoms with Crippen molar-refractivity contribution in [3.8, 4) is 0 Å². The Morgan fingerprint density at radius 2 is 2.00 bits per heavy atom. The Kier molecular flexibility index (Phi) is 2.72. The summed E-state index contributed by atoms with van der Waals surface area (Å²) in [6, 6.07) is 0. The maximum Gasteiger partial charge on any atom is 0.147 e. The number of halogens is 2. The molecule has 0 unspecified atom stereocenters. The normalized spacial score (nSPS) is 12.1. The summed E-state index contributed by atoms with van der Waals surface area (Å²) in [6.07, 6.45) is 0. The standard InChI is InChI=1S/C7H11BrIN3/c1-7(2,3)12-5(8)4(10)6(9)11-12/h10H2,1-3H3. The lowest BCUT2D eigenvalue weighted by Gasteiger charge is -2.20. The molecule has 68 valence electrons. The van der Waals surface area contributed by atoms with Gasteiger partial charge in [-0.05, 0) is 59.3 Å². The Labute approximate surface area is 94.0 Å². The molecule has 0 aromatic carbocycles. The molecule has 0 aliphatic heterocycles. The van der Waals surface area contributed by atoms with Gasteiger partial charge in [0.2, 0.25) is 0 Å². The van der Waals surface area contributed by atoms with Gasteiger partial charge in [0.1, 0.15) is 8.30 Å². The zero-order valence-corrected chi connectivity index (χ0v) is 11.0. The van der Waals surface area contributed by atoms with Crippen LogP contribution in [-0.2, 0) is 5.54 Å². The van der Waals surface area contributed by atoms with Gasteiger partial charge in [0.05, 0.1) is 11.2 Å². The van der Waals surface area contributed by atoms with Crippen LogP contribution in [0.15, 0.2) is 4.60 Å². The van der Waals surface area contributed by atoms with Crippen molar-refractivity contribution in [2.75, 3.05) is 5.73 Å². The first kappa shape index (κ1) is 10.3. The van der Waals surface area contributed by atoms with Gasteiger partial charge >= 0.3 is 0 Å². The molecule has 0 bridgehead atoms. The number of hydrogen-bond donors (Lipinski definition) is 1. The summed E-state index contributed by atoms with van der Waals surface area (Å²) in [5, 5.41) is 4.31. The number of aromatic nitrogens is 2. The molecule has 3 nitrogen and oxygen atoms in total. The van der Waals surface area contributed by atoms with Crippen molar-refractivity contribution in [1.82, 2.24) is 9.78 Å². The molecule has 0 radical (unpaired) electrons. The maximum atomic E-state index is 5.76. The molecule has 0 spiro atoms. The highest BCUT2D eigenvalue weighted by Gasteiger charge is 2.20. The predicted molar refractivity (Wildman–Crippen MR) is 62.1 cm³/mol. The van der Waals surface area contributed by atoms with Gasteiger partial charge in [0.25, 0.3) is 0 Å². The van der Waals surface area contributed by atoms with Crippen LogP contribution in [0.25, 0.3) is 0 Å². The first-order chi connectivity index (χ1) is 5.34. The Bertz CT molecular complexity index is 300. The summed E-state index contributed by atoms with van der Waals surface area (Å²) in [6.45, 7) is 6.25. The largest absolute Gasteiger partial charge is 0.394 e. The lowest BCUT2D eigenvalue weighted by Crippen LogP contribution is -2.23. The number of rotatable bonds is 0. The summed E-state index contributed by atoms with van der Waals surface area (Å²) >= 11 is 5.53. The van der Waals surface area contributed by atoms with E-state index in [9.17, 15) is 0 Å². The molecule has 12 heavy (non-hydrogen) atoms. The lowest BCUT2D eigenvalue weighted by molar-refractivity contribution is 0.347. The van der Waals surface area contributed by atoms with E-state index in [1.54, 1.807) is 0 Å². The molecule has 0 aliphatic carbocycles. The van der Waals surface area contributed by atoms with E-state index in [0.29, 0.717) is 5.69 Å². The number of anilines is 1. The fraction of sp³-hybridized carbons (Fsp3) is 0.571. The Hall–Kier alpha value is 0.220. The maximum absolute atomic E-state index is 5.76. The SMILES string of the molecule is CC(C)(C)n1nc(I)c(N)c1Br. The second-order valence-electron chi connectivity index (χ2n) is 3.58. The molecule has 0 fully saturated rings. The van der Waals surface area contributed by atoms with Crippen molar-refractivity contribution < 1.29 is 0 Å². The van der Waals surface area contributed by atoms with E-state index in [1.165, 1.54) is 0 Å². The van der Waals surface area contributed by atoms with Gasteiger partial charge in [-0.15, -0.1) is 0 Å². The van der Waals surface area contributed by atoms with Crippen molar-refractivity contribution in [3.05, 3.63) is 8.30 Å². The summed E-state index contributed by atoms with van der Waals surface area (Å²) < 4.78 is 3.58. The fourth-order valence-corrected chi connectivity index (χ4v) is 2.47. The van der Waals surface area contributed by atoms with E-state index in [2.05, 4.69) is 64.4 Å². The molecule has 0 atom stereocenters. The number of nitrogen functional groups attached to an aromatic ring is 1. The second kappa shape index (κ2) is 3.17. The van der Waals surface area contributed by atoms with Crippen LogP contribution in [0.4, 0.5) is 5.69 Å². The summed E-state index contributed by atoms with van der Waals surface area (Å²) in [5.41, 5.74) is 6.44. The lowest BCUT2D eigenvalue weighted by atomic mass is 10.1. The Morgan fingerprint density at radius 1 is 1.50 bits per heavy atom. The van der Waals surface area contributed by atoms with Gasteiger partial charge in [-0.3, -0.25) is 0 Å². The monoisotopic (exact) mass is 343 g/mol. The second-order valence-corrected chi connectivity index (χ2v) is 5.35. The van der Waals surface area contributed by atoms with Crippen LogP contribution in [-0.4, -0.2) is 9.78 Å². The van der Waals surface area contributed by atoms with E-state index in [0.717, 1.165) is 8.30 Å². The van der Waals surface area contributed by atoms with Crippen molar-refractivity contribution >= 4 is 44.2 Å². The highest BCUT2D eigenvalue weighted by Crippen LogP contribution is 2.29. The molecule has 1 aromatic heterocycles. The van der Waals surface area contributed by atoms with Crippen molar-refractivity contribution in [2.24, 2.45) is 0 Å². The van der Waals surface area contributed by atoms with Crippen LogP contribution < -0.4 is 5.73 Å². The van der Waals surface area contributed by atoms with E-state index < -0.39 is 0 Å². The third-order valence-electron chi connectivity index (χ3n) is 1.45. The zero-order valence-electron chi connectivity index (χ0n) is 7.23. The topological polar surface area (TPSA) is 43.8 Å². The zero-order chi connectivity index (χ0) is 9.52. The Balaban J connectivity index is 3.28. The molecule has 0 aliphatic rings. The average molecular weight is 344 g/mol. The van der Waals surface area contributed by atoms with E-state index in [1.807, 2.05) is 4.68 Å². The Morgan fingerprint density at radius 3 is 2.17 bits per heavy atom. The molecule has 0 saturated heterocycles. The number of nitrogens with two attached hydrogens (primary N) is 1. The molecule has 0 amide bonds. The van der Waals surface area contributed by atoms with Crippen molar-refractivity contribution in [1.29, 1.82) is 0 Å². The van der Waals surface area contributed by atoms with Crippen LogP contribution in [0.5, 0.6) is 0 Å². The first-order valence-electron chi connectivity index (χ1n) is 3.54. The quantitative estimate of drug-likeness (QED) is 0.736. The minimum absolute atomic E-state index is 0.0314. The third kappa shape index (κ3) is 1.76. The van der Waals surface area contributed by atoms with Gasteiger partial charge in [-0.2, -0.15) is 5.10 Å². The van der Waals surface area contributed by atoms with E-state index >= 15 is 0 Å². The minimum atomic E-state index is -0.0314. The van der Waals surface area contributed by atoms with E-state index in [4.69, 9.17) is 5.73 Å². The molecule has 2 N–H and O–H groups in total. The molecule has 5 heteroatoms. The van der Waals surface area contributed by atoms with Crippen LogP contribution in [0.3, 0.4) is 0 Å². The average Bonchev–Trinajstić information content (AvgIpc) is 2.15. The molecule has 0 saturated carbocycles. The van der Waals surface area contributed by atoms with Gasteiger partial charge in [0, 0.05) is 0 Å². The highest BCUT2D eigenvalue weighted by atomic mass is 127. The molecular weight excluding hydrogens is 333 g/mol. The predicted octanol–water partition coefficient (Wildman–Crippen LogP) is 2.59. The summed E-state index contributed by atoms with van der Waals surface area (Å²) in [7, 11) is 0. The van der Waals surface area contributed by atoms with Crippen LogP contribution in [0.2, 0.25) is 0 Å². The van der Waals surface area contributed by atoms with Gasteiger partial charge < -0.3 is 5.73 Å². The number of nitrogens with zero attached hydrogens (tertiary/aromatic N) is 2. The van der Waals surface area contributed by atoms with Gasteiger partial charge in [-0.25, -0.2) is 4.68 Å². The molecule has 1 aromatic rings. The molecule has 1 rings (SSSR count). The smallest absolute Gasteiger partial charge is 0.147 e. The highest BCUT2D eigenvalue weighted by molar-refractivity contribution is 14.1. The molecular formula is C7H11BrIN3. The van der Waals surface area contributed by atoms with Crippen LogP contribution >= 0.6 is 38.5 Å². The van der Waals surface area contributed by atoms with Gasteiger partial charge in [0.15, 0.2) is 0 Å². The van der Waals surface area contributed by atoms with Crippen LogP contribution in [0, 0.1) is 3.70 Å².